The Morgan fingerprint density at radius 1 is 1.11 bits per heavy atom. The number of ether oxygens (including phenoxy) is 1. The number of rotatable bonds is 4. The molecular formula is C6H12O3. The van der Waals surface area contributed by atoms with E-state index in [0.29, 0.717) is 13.2 Å². The second-order valence-electron chi connectivity index (χ2n) is 1.11. The third-order valence-electron chi connectivity index (χ3n) is 0.471. The molecule has 0 heterocycles. The first kappa shape index (κ1) is 11.2. The summed E-state index contributed by atoms with van der Waals surface area (Å²) in [5, 5.41) is 12.0. The second-order valence-corrected chi connectivity index (χ2v) is 1.11. The molecule has 0 atom stereocenters. The first-order chi connectivity index (χ1) is 4.41. The average molecular weight is 132 g/mol. The standard InChI is InChI=1S/C6H10O.H2O2/c1-3-5-7-6-4-2;1-2/h3-4H,1-2,5-6H2;1-2H. The lowest BCUT2D eigenvalue weighted by Gasteiger charge is -1.89. The van der Waals surface area contributed by atoms with E-state index in [1.54, 1.807) is 12.2 Å². The summed E-state index contributed by atoms with van der Waals surface area (Å²) in [4.78, 5) is 0. The van der Waals surface area contributed by atoms with Gasteiger partial charge >= 0.3 is 0 Å². The molecule has 3 heteroatoms. The highest BCUT2D eigenvalue weighted by atomic mass is 17.0. The molecule has 0 aromatic rings. The predicted octanol–water partition coefficient (Wildman–Crippen LogP) is 1.39. The van der Waals surface area contributed by atoms with Crippen molar-refractivity contribution in [3.63, 3.8) is 0 Å². The van der Waals surface area contributed by atoms with Crippen molar-refractivity contribution in [2.75, 3.05) is 13.2 Å². The van der Waals surface area contributed by atoms with Crippen LogP contribution in [0.1, 0.15) is 0 Å². The highest BCUT2D eigenvalue weighted by molar-refractivity contribution is 4.68. The van der Waals surface area contributed by atoms with E-state index in [4.69, 9.17) is 15.3 Å². The van der Waals surface area contributed by atoms with E-state index in [9.17, 15) is 0 Å². The van der Waals surface area contributed by atoms with Crippen molar-refractivity contribution >= 4 is 0 Å². The minimum atomic E-state index is 0.617. The molecular weight excluding hydrogens is 120 g/mol. The number of hydrogen-bond acceptors (Lipinski definition) is 3. The van der Waals surface area contributed by atoms with Crippen LogP contribution in [-0.2, 0) is 4.74 Å². The van der Waals surface area contributed by atoms with Gasteiger partial charge in [-0.15, -0.1) is 13.2 Å². The van der Waals surface area contributed by atoms with Crippen molar-refractivity contribution < 1.29 is 15.3 Å². The molecule has 0 bridgehead atoms. The Labute approximate surface area is 54.8 Å². The van der Waals surface area contributed by atoms with Crippen molar-refractivity contribution in [3.8, 4) is 0 Å². The zero-order chi connectivity index (χ0) is 7.54. The van der Waals surface area contributed by atoms with Gasteiger partial charge in [-0.25, -0.2) is 0 Å². The van der Waals surface area contributed by atoms with Gasteiger partial charge in [0.05, 0.1) is 13.2 Å². The third kappa shape index (κ3) is 18.7. The molecule has 0 radical (unpaired) electrons. The molecule has 9 heavy (non-hydrogen) atoms. The summed E-state index contributed by atoms with van der Waals surface area (Å²) >= 11 is 0. The van der Waals surface area contributed by atoms with Crippen LogP contribution in [0.2, 0.25) is 0 Å². The lowest BCUT2D eigenvalue weighted by molar-refractivity contribution is -0.176. The summed E-state index contributed by atoms with van der Waals surface area (Å²) in [6.45, 7) is 8.18. The van der Waals surface area contributed by atoms with Gasteiger partial charge in [-0.1, -0.05) is 12.2 Å². The van der Waals surface area contributed by atoms with Crippen LogP contribution < -0.4 is 0 Å². The second kappa shape index (κ2) is 15.7. The lowest BCUT2D eigenvalue weighted by Crippen LogP contribution is -1.87. The molecule has 2 N–H and O–H groups in total. The summed E-state index contributed by atoms with van der Waals surface area (Å²) in [7, 11) is 0. The Kier molecular flexibility index (Phi) is 19.5. The van der Waals surface area contributed by atoms with Gasteiger partial charge in [-0.2, -0.15) is 0 Å². The van der Waals surface area contributed by atoms with E-state index in [2.05, 4.69) is 13.2 Å². The maximum absolute atomic E-state index is 6.00. The molecule has 0 aliphatic heterocycles. The van der Waals surface area contributed by atoms with Crippen LogP contribution in [0.15, 0.2) is 25.3 Å². The number of hydrogen-bond donors (Lipinski definition) is 2. The summed E-state index contributed by atoms with van der Waals surface area (Å²) in [6.07, 6.45) is 3.42. The minimum absolute atomic E-state index is 0.617. The summed E-state index contributed by atoms with van der Waals surface area (Å²) in [5.74, 6) is 0. The molecule has 0 aromatic carbocycles. The van der Waals surface area contributed by atoms with Crippen molar-refractivity contribution in [1.82, 2.24) is 0 Å². The maximum atomic E-state index is 6.00. The van der Waals surface area contributed by atoms with Crippen LogP contribution in [0.3, 0.4) is 0 Å². The zero-order valence-electron chi connectivity index (χ0n) is 5.29. The van der Waals surface area contributed by atoms with Gasteiger partial charge in [-0.05, 0) is 0 Å². The Hall–Kier alpha value is -0.640. The SMILES string of the molecule is C=CCOCC=C.OO. The molecule has 0 spiro atoms. The highest BCUT2D eigenvalue weighted by Crippen LogP contribution is 1.72. The van der Waals surface area contributed by atoms with Crippen LogP contribution in [0.25, 0.3) is 0 Å². The Bertz CT molecular complexity index is 53.3. The van der Waals surface area contributed by atoms with Crippen LogP contribution >= 0.6 is 0 Å². The molecule has 0 aliphatic carbocycles. The maximum Gasteiger partial charge on any atom is 0.0649 e. The monoisotopic (exact) mass is 132 g/mol. The van der Waals surface area contributed by atoms with Crippen LogP contribution in [0.4, 0.5) is 0 Å². The fourth-order valence-electron chi connectivity index (χ4n) is 0.235. The van der Waals surface area contributed by atoms with Gasteiger partial charge in [0.1, 0.15) is 0 Å². The lowest BCUT2D eigenvalue weighted by atomic mass is 10.6. The van der Waals surface area contributed by atoms with Gasteiger partial charge in [-0.3, -0.25) is 10.5 Å². The Morgan fingerprint density at radius 3 is 1.67 bits per heavy atom. The van der Waals surface area contributed by atoms with Crippen molar-refractivity contribution in [3.05, 3.63) is 25.3 Å². The molecule has 0 amide bonds. The van der Waals surface area contributed by atoms with Crippen LogP contribution in [-0.4, -0.2) is 23.7 Å². The molecule has 0 rings (SSSR count). The van der Waals surface area contributed by atoms with E-state index in [1.807, 2.05) is 0 Å². The third-order valence-corrected chi connectivity index (χ3v) is 0.471. The van der Waals surface area contributed by atoms with Crippen LogP contribution in [0, 0.1) is 0 Å². The van der Waals surface area contributed by atoms with Gasteiger partial charge in [0.15, 0.2) is 0 Å². The Morgan fingerprint density at radius 2 is 1.44 bits per heavy atom. The summed E-state index contributed by atoms with van der Waals surface area (Å²) in [5.41, 5.74) is 0. The zero-order valence-corrected chi connectivity index (χ0v) is 5.29. The topological polar surface area (TPSA) is 49.7 Å². The Balaban J connectivity index is 0. The first-order valence-corrected chi connectivity index (χ1v) is 2.41. The van der Waals surface area contributed by atoms with E-state index in [0.717, 1.165) is 0 Å². The molecule has 0 saturated carbocycles. The fourth-order valence-corrected chi connectivity index (χ4v) is 0.235. The molecule has 54 valence electrons. The van der Waals surface area contributed by atoms with E-state index >= 15 is 0 Å². The van der Waals surface area contributed by atoms with E-state index in [1.165, 1.54) is 0 Å². The molecule has 0 aliphatic rings. The van der Waals surface area contributed by atoms with Gasteiger partial charge in [0.2, 0.25) is 0 Å². The smallest absolute Gasteiger partial charge is 0.0649 e. The molecule has 0 unspecified atom stereocenters. The molecule has 0 fully saturated rings. The van der Waals surface area contributed by atoms with Crippen molar-refractivity contribution in [2.24, 2.45) is 0 Å². The normalized spacial score (nSPS) is 6.89. The average Bonchev–Trinajstić information content (AvgIpc) is 1.94. The quantitative estimate of drug-likeness (QED) is 0.263. The summed E-state index contributed by atoms with van der Waals surface area (Å²) in [6, 6.07) is 0. The molecule has 0 saturated heterocycles. The minimum Gasteiger partial charge on any atom is -0.373 e. The van der Waals surface area contributed by atoms with Gasteiger partial charge < -0.3 is 4.74 Å². The first-order valence-electron chi connectivity index (χ1n) is 2.41. The van der Waals surface area contributed by atoms with E-state index in [-0.39, 0.29) is 0 Å². The fraction of sp³-hybridized carbons (Fsp3) is 0.333. The predicted molar refractivity (Wildman–Crippen MR) is 36.5 cm³/mol. The van der Waals surface area contributed by atoms with Crippen molar-refractivity contribution in [1.29, 1.82) is 0 Å². The van der Waals surface area contributed by atoms with Crippen LogP contribution in [0.5, 0.6) is 0 Å². The van der Waals surface area contributed by atoms with Gasteiger partial charge in [0, 0.05) is 0 Å². The van der Waals surface area contributed by atoms with E-state index < -0.39 is 0 Å². The van der Waals surface area contributed by atoms with Gasteiger partial charge in [0.25, 0.3) is 0 Å². The summed E-state index contributed by atoms with van der Waals surface area (Å²) < 4.78 is 4.90. The molecule has 3 nitrogen and oxygen atoms in total. The largest absolute Gasteiger partial charge is 0.373 e. The van der Waals surface area contributed by atoms with Crippen molar-refractivity contribution in [2.45, 2.75) is 0 Å². The highest BCUT2D eigenvalue weighted by Gasteiger charge is 1.70. The molecule has 0 aromatic heterocycles.